The van der Waals surface area contributed by atoms with E-state index in [1.54, 1.807) is 12.0 Å². The minimum Gasteiger partial charge on any atom is -0.395 e. The van der Waals surface area contributed by atoms with Crippen molar-refractivity contribution in [3.05, 3.63) is 0 Å². The van der Waals surface area contributed by atoms with Gasteiger partial charge in [-0.25, -0.2) is 0 Å². The third-order valence-corrected chi connectivity index (χ3v) is 2.39. The molecule has 0 spiro atoms. The van der Waals surface area contributed by atoms with Gasteiger partial charge in [0.25, 0.3) is 0 Å². The highest BCUT2D eigenvalue weighted by Crippen LogP contribution is 2.27. The monoisotopic (exact) mass is 201 g/mol. The normalized spacial score (nSPS) is 15.6. The Morgan fingerprint density at radius 2 is 2.29 bits per heavy atom. The molecule has 0 radical (unpaired) electrons. The van der Waals surface area contributed by atoms with Crippen LogP contribution in [0.15, 0.2) is 0 Å². The molecule has 0 saturated heterocycles. The number of carbonyl (C=O) groups excluding carboxylic acids is 1. The molecule has 1 aliphatic rings. The molecule has 0 aromatic rings. The minimum atomic E-state index is 0.0620. The summed E-state index contributed by atoms with van der Waals surface area (Å²) in [7, 11) is 1.64. The van der Waals surface area contributed by atoms with Crippen molar-refractivity contribution in [3.63, 3.8) is 0 Å². The lowest BCUT2D eigenvalue weighted by Gasteiger charge is -2.21. The second-order valence-electron chi connectivity index (χ2n) is 3.64. The minimum absolute atomic E-state index is 0.0620. The quantitative estimate of drug-likeness (QED) is 0.606. The molecule has 0 unspecified atom stereocenters. The summed E-state index contributed by atoms with van der Waals surface area (Å²) < 4.78 is 4.89. The van der Waals surface area contributed by atoms with Gasteiger partial charge in [0.15, 0.2) is 0 Å². The van der Waals surface area contributed by atoms with E-state index >= 15 is 0 Å². The number of aliphatic hydroxyl groups excluding tert-OH is 1. The van der Waals surface area contributed by atoms with E-state index in [4.69, 9.17) is 9.84 Å². The molecule has 1 fully saturated rings. The molecular formula is C10H19NO3. The molecule has 1 saturated carbocycles. The fourth-order valence-corrected chi connectivity index (χ4v) is 1.52. The van der Waals surface area contributed by atoms with Crippen LogP contribution in [0.2, 0.25) is 0 Å². The summed E-state index contributed by atoms with van der Waals surface area (Å²) in [5.41, 5.74) is 0. The first kappa shape index (κ1) is 11.5. The number of carbonyl (C=O) groups is 1. The average Bonchev–Trinajstić information content (AvgIpc) is 2.98. The zero-order chi connectivity index (χ0) is 10.4. The molecule has 1 N–H and O–H groups in total. The van der Waals surface area contributed by atoms with E-state index in [9.17, 15) is 4.79 Å². The van der Waals surface area contributed by atoms with Crippen molar-refractivity contribution < 1.29 is 14.6 Å². The maximum Gasteiger partial charge on any atom is 0.222 e. The molecule has 0 aromatic carbocycles. The van der Waals surface area contributed by atoms with E-state index in [0.717, 1.165) is 19.3 Å². The van der Waals surface area contributed by atoms with Gasteiger partial charge >= 0.3 is 0 Å². The number of nitrogens with zero attached hydrogens (tertiary/aromatic N) is 1. The van der Waals surface area contributed by atoms with E-state index in [1.165, 1.54) is 0 Å². The summed E-state index contributed by atoms with van der Waals surface area (Å²) in [5.74, 6) is 0.151. The summed E-state index contributed by atoms with van der Waals surface area (Å²) in [4.78, 5) is 13.4. The predicted molar refractivity (Wildman–Crippen MR) is 52.9 cm³/mol. The van der Waals surface area contributed by atoms with Gasteiger partial charge in [-0.1, -0.05) is 0 Å². The first-order chi connectivity index (χ1) is 6.79. The third-order valence-electron chi connectivity index (χ3n) is 2.39. The van der Waals surface area contributed by atoms with Gasteiger partial charge in [0.1, 0.15) is 0 Å². The summed E-state index contributed by atoms with van der Waals surface area (Å²) >= 11 is 0. The van der Waals surface area contributed by atoms with Crippen molar-refractivity contribution in [2.24, 2.45) is 0 Å². The number of ether oxygens (including phenoxy) is 1. The van der Waals surface area contributed by atoms with E-state index in [-0.39, 0.29) is 12.5 Å². The van der Waals surface area contributed by atoms with Crippen molar-refractivity contribution in [3.8, 4) is 0 Å². The summed E-state index contributed by atoms with van der Waals surface area (Å²) in [6, 6.07) is 0.400. The van der Waals surface area contributed by atoms with Gasteiger partial charge < -0.3 is 14.7 Å². The zero-order valence-electron chi connectivity index (χ0n) is 8.74. The lowest BCUT2D eigenvalue weighted by atomic mass is 10.3. The Morgan fingerprint density at radius 1 is 1.57 bits per heavy atom. The fraction of sp³-hybridized carbons (Fsp3) is 0.900. The number of methoxy groups -OCH3 is 1. The van der Waals surface area contributed by atoms with Gasteiger partial charge in [-0.3, -0.25) is 4.79 Å². The molecule has 0 aliphatic heterocycles. The summed E-state index contributed by atoms with van der Waals surface area (Å²) in [5, 5.41) is 8.82. The Bertz CT molecular complexity index is 180. The molecule has 0 aromatic heterocycles. The SMILES string of the molecule is COCCCC(=O)N(CCO)C1CC1. The maximum absolute atomic E-state index is 11.6. The molecule has 0 atom stereocenters. The van der Waals surface area contributed by atoms with E-state index in [0.29, 0.717) is 25.6 Å². The highest BCUT2D eigenvalue weighted by molar-refractivity contribution is 5.76. The van der Waals surface area contributed by atoms with Crippen LogP contribution in [0.5, 0.6) is 0 Å². The van der Waals surface area contributed by atoms with Crippen LogP contribution >= 0.6 is 0 Å². The number of hydrogen-bond acceptors (Lipinski definition) is 3. The van der Waals surface area contributed by atoms with Crippen LogP contribution in [0.3, 0.4) is 0 Å². The number of aliphatic hydroxyl groups is 1. The Hall–Kier alpha value is -0.610. The molecule has 4 nitrogen and oxygen atoms in total. The second-order valence-corrected chi connectivity index (χ2v) is 3.64. The van der Waals surface area contributed by atoms with Crippen LogP contribution < -0.4 is 0 Å². The molecule has 0 bridgehead atoms. The van der Waals surface area contributed by atoms with Gasteiger partial charge in [0.05, 0.1) is 6.61 Å². The Labute approximate surface area is 84.8 Å². The van der Waals surface area contributed by atoms with Gasteiger partial charge in [-0.2, -0.15) is 0 Å². The molecule has 1 aliphatic carbocycles. The lowest BCUT2D eigenvalue weighted by Crippen LogP contribution is -2.35. The van der Waals surface area contributed by atoms with Gasteiger partial charge in [-0.05, 0) is 19.3 Å². The van der Waals surface area contributed by atoms with Crippen molar-refractivity contribution >= 4 is 5.91 Å². The molecule has 1 amide bonds. The van der Waals surface area contributed by atoms with Gasteiger partial charge in [0.2, 0.25) is 5.91 Å². The lowest BCUT2D eigenvalue weighted by molar-refractivity contribution is -0.132. The van der Waals surface area contributed by atoms with Crippen LogP contribution in [0.1, 0.15) is 25.7 Å². The van der Waals surface area contributed by atoms with Crippen LogP contribution in [-0.4, -0.2) is 48.8 Å². The Kier molecular flexibility index (Phi) is 4.90. The summed E-state index contributed by atoms with van der Waals surface area (Å²) in [6.45, 7) is 1.17. The fourth-order valence-electron chi connectivity index (χ4n) is 1.52. The molecular weight excluding hydrogens is 182 g/mol. The Morgan fingerprint density at radius 3 is 2.79 bits per heavy atom. The number of amides is 1. The van der Waals surface area contributed by atoms with Gasteiger partial charge in [0, 0.05) is 32.7 Å². The highest BCUT2D eigenvalue weighted by Gasteiger charge is 2.31. The molecule has 1 rings (SSSR count). The summed E-state index contributed by atoms with van der Waals surface area (Å²) in [6.07, 6.45) is 3.49. The van der Waals surface area contributed by atoms with Crippen molar-refractivity contribution in [2.45, 2.75) is 31.7 Å². The van der Waals surface area contributed by atoms with Crippen LogP contribution in [0.4, 0.5) is 0 Å². The molecule has 0 heterocycles. The molecule has 82 valence electrons. The first-order valence-electron chi connectivity index (χ1n) is 5.19. The predicted octanol–water partition coefficient (Wildman–Crippen LogP) is 0.396. The van der Waals surface area contributed by atoms with Crippen LogP contribution in [-0.2, 0) is 9.53 Å². The average molecular weight is 201 g/mol. The number of rotatable bonds is 7. The van der Waals surface area contributed by atoms with Crippen molar-refractivity contribution in [2.75, 3.05) is 26.9 Å². The van der Waals surface area contributed by atoms with Crippen LogP contribution in [0.25, 0.3) is 0 Å². The Balaban J connectivity index is 2.23. The van der Waals surface area contributed by atoms with Crippen molar-refractivity contribution in [1.29, 1.82) is 0 Å². The first-order valence-corrected chi connectivity index (χ1v) is 5.19. The third kappa shape index (κ3) is 3.64. The van der Waals surface area contributed by atoms with Gasteiger partial charge in [-0.15, -0.1) is 0 Å². The number of hydrogen-bond donors (Lipinski definition) is 1. The maximum atomic E-state index is 11.6. The standard InChI is InChI=1S/C10H19NO3/c1-14-8-2-3-10(13)11(6-7-12)9-4-5-9/h9,12H,2-8H2,1H3. The molecule has 4 heteroatoms. The zero-order valence-corrected chi connectivity index (χ0v) is 8.74. The van der Waals surface area contributed by atoms with E-state index in [1.807, 2.05) is 0 Å². The smallest absolute Gasteiger partial charge is 0.222 e. The van der Waals surface area contributed by atoms with Crippen LogP contribution in [0, 0.1) is 0 Å². The van der Waals surface area contributed by atoms with Crippen molar-refractivity contribution in [1.82, 2.24) is 4.90 Å². The van der Waals surface area contributed by atoms with E-state index < -0.39 is 0 Å². The largest absolute Gasteiger partial charge is 0.395 e. The van der Waals surface area contributed by atoms with E-state index in [2.05, 4.69) is 0 Å². The highest BCUT2D eigenvalue weighted by atomic mass is 16.5. The topological polar surface area (TPSA) is 49.8 Å². The molecule has 14 heavy (non-hydrogen) atoms. The second kappa shape index (κ2) is 5.98.